The number of esters is 2. The van der Waals surface area contributed by atoms with Crippen molar-refractivity contribution >= 4 is 17.7 Å². The first-order chi connectivity index (χ1) is 15.0. The standard InChI is InChI=1S/C25H47NO5/c1-4-7-9-11-13-15-18-30-24(28)21-26(20-23(27)17-6-3)22-25(29)31-19-16-14-12-10-8-5-2/h4-22H2,1-3H3. The molecule has 0 aromatic carbocycles. The number of carbonyl (C=O) groups excluding carboxylic acids is 3. The summed E-state index contributed by atoms with van der Waals surface area (Å²) in [5.41, 5.74) is 0. The third-order valence-corrected chi connectivity index (χ3v) is 5.16. The van der Waals surface area contributed by atoms with Crippen LogP contribution in [0.1, 0.15) is 111 Å². The van der Waals surface area contributed by atoms with E-state index in [0.717, 1.165) is 44.9 Å². The number of unbranched alkanes of at least 4 members (excludes halogenated alkanes) is 10. The van der Waals surface area contributed by atoms with Crippen LogP contribution in [-0.2, 0) is 23.9 Å². The first-order valence-corrected chi connectivity index (χ1v) is 12.6. The molecule has 0 unspecified atom stereocenters. The molecule has 0 atom stereocenters. The third-order valence-electron chi connectivity index (χ3n) is 5.16. The number of hydrogen-bond donors (Lipinski definition) is 0. The molecule has 0 saturated carbocycles. The lowest BCUT2D eigenvalue weighted by Crippen LogP contribution is -2.39. The van der Waals surface area contributed by atoms with E-state index in [1.807, 2.05) is 6.92 Å². The quantitative estimate of drug-likeness (QED) is 0.164. The van der Waals surface area contributed by atoms with Crippen molar-refractivity contribution in [3.8, 4) is 0 Å². The van der Waals surface area contributed by atoms with Gasteiger partial charge in [0.1, 0.15) is 5.78 Å². The maximum Gasteiger partial charge on any atom is 0.320 e. The second-order valence-corrected chi connectivity index (χ2v) is 8.41. The van der Waals surface area contributed by atoms with Crippen molar-refractivity contribution in [3.05, 3.63) is 0 Å². The van der Waals surface area contributed by atoms with Gasteiger partial charge in [0.2, 0.25) is 0 Å². The minimum absolute atomic E-state index is 0.0231. The van der Waals surface area contributed by atoms with Gasteiger partial charge in [-0.05, 0) is 19.3 Å². The highest BCUT2D eigenvalue weighted by atomic mass is 16.5. The topological polar surface area (TPSA) is 72.9 Å². The molecule has 0 amide bonds. The second kappa shape index (κ2) is 21.8. The molecule has 0 fully saturated rings. The van der Waals surface area contributed by atoms with Gasteiger partial charge in [0.05, 0.1) is 32.8 Å². The Morgan fingerprint density at radius 2 is 0.968 bits per heavy atom. The van der Waals surface area contributed by atoms with Crippen molar-refractivity contribution in [2.24, 2.45) is 0 Å². The van der Waals surface area contributed by atoms with E-state index in [-0.39, 0.29) is 37.4 Å². The van der Waals surface area contributed by atoms with Crippen LogP contribution in [0.15, 0.2) is 0 Å². The van der Waals surface area contributed by atoms with Crippen LogP contribution in [0.4, 0.5) is 0 Å². The zero-order valence-corrected chi connectivity index (χ0v) is 20.4. The molecule has 0 spiro atoms. The van der Waals surface area contributed by atoms with Crippen LogP contribution >= 0.6 is 0 Å². The van der Waals surface area contributed by atoms with Crippen LogP contribution in [-0.4, -0.2) is 55.5 Å². The summed E-state index contributed by atoms with van der Waals surface area (Å²) in [6, 6.07) is 0. The van der Waals surface area contributed by atoms with Gasteiger partial charge in [0.15, 0.2) is 0 Å². The van der Waals surface area contributed by atoms with Gasteiger partial charge in [0.25, 0.3) is 0 Å². The molecule has 0 aromatic heterocycles. The molecule has 0 aromatic rings. The molecule has 6 heteroatoms. The Bertz CT molecular complexity index is 435. The van der Waals surface area contributed by atoms with Gasteiger partial charge in [-0.15, -0.1) is 0 Å². The SMILES string of the molecule is CCCCCCCCOC(=O)CN(CC(=O)CCC)CC(=O)OCCCCCCCC. The highest BCUT2D eigenvalue weighted by molar-refractivity contribution is 5.82. The fourth-order valence-electron chi connectivity index (χ4n) is 3.37. The average molecular weight is 442 g/mol. The minimum Gasteiger partial charge on any atom is -0.465 e. The lowest BCUT2D eigenvalue weighted by Gasteiger charge is -2.19. The molecule has 0 radical (unpaired) electrons. The molecular weight excluding hydrogens is 394 g/mol. The summed E-state index contributed by atoms with van der Waals surface area (Å²) in [5, 5.41) is 0. The van der Waals surface area contributed by atoms with Gasteiger partial charge < -0.3 is 9.47 Å². The van der Waals surface area contributed by atoms with Crippen LogP contribution in [0.25, 0.3) is 0 Å². The van der Waals surface area contributed by atoms with Crippen LogP contribution in [0.2, 0.25) is 0 Å². The summed E-state index contributed by atoms with van der Waals surface area (Å²) in [5.74, 6) is -0.752. The highest BCUT2D eigenvalue weighted by Crippen LogP contribution is 2.06. The summed E-state index contributed by atoms with van der Waals surface area (Å²) in [6.45, 7) is 7.05. The van der Waals surface area contributed by atoms with E-state index in [2.05, 4.69) is 13.8 Å². The highest BCUT2D eigenvalue weighted by Gasteiger charge is 2.19. The van der Waals surface area contributed by atoms with Gasteiger partial charge in [-0.3, -0.25) is 19.3 Å². The molecule has 0 aliphatic rings. The Morgan fingerprint density at radius 3 is 1.39 bits per heavy atom. The van der Waals surface area contributed by atoms with E-state index < -0.39 is 0 Å². The molecule has 0 heterocycles. The summed E-state index contributed by atoms with van der Waals surface area (Å²) in [7, 11) is 0. The van der Waals surface area contributed by atoms with Crippen molar-refractivity contribution in [1.82, 2.24) is 4.90 Å². The van der Waals surface area contributed by atoms with E-state index in [4.69, 9.17) is 9.47 Å². The maximum absolute atomic E-state index is 12.2. The van der Waals surface area contributed by atoms with Crippen molar-refractivity contribution in [2.75, 3.05) is 32.8 Å². The third kappa shape index (κ3) is 20.2. The second-order valence-electron chi connectivity index (χ2n) is 8.41. The van der Waals surface area contributed by atoms with Crippen LogP contribution in [0.5, 0.6) is 0 Å². The molecule has 0 N–H and O–H groups in total. The van der Waals surface area contributed by atoms with Gasteiger partial charge in [-0.2, -0.15) is 0 Å². The van der Waals surface area contributed by atoms with Gasteiger partial charge in [0, 0.05) is 6.42 Å². The van der Waals surface area contributed by atoms with Crippen LogP contribution in [0.3, 0.4) is 0 Å². The molecule has 0 saturated heterocycles. The van der Waals surface area contributed by atoms with Crippen molar-refractivity contribution in [3.63, 3.8) is 0 Å². The van der Waals surface area contributed by atoms with E-state index in [0.29, 0.717) is 19.6 Å². The largest absolute Gasteiger partial charge is 0.465 e. The molecule has 0 bridgehead atoms. The molecule has 6 nitrogen and oxygen atoms in total. The number of rotatable bonds is 22. The summed E-state index contributed by atoms with van der Waals surface area (Å²) in [6.07, 6.45) is 14.7. The van der Waals surface area contributed by atoms with Crippen molar-refractivity contribution in [1.29, 1.82) is 0 Å². The molecule has 0 aliphatic heterocycles. The van der Waals surface area contributed by atoms with Crippen molar-refractivity contribution < 1.29 is 23.9 Å². The van der Waals surface area contributed by atoms with Crippen LogP contribution < -0.4 is 0 Å². The monoisotopic (exact) mass is 441 g/mol. The average Bonchev–Trinajstić information content (AvgIpc) is 2.72. The number of ketones is 1. The Kier molecular flexibility index (Phi) is 20.8. The lowest BCUT2D eigenvalue weighted by molar-refractivity contribution is -0.149. The van der Waals surface area contributed by atoms with Crippen LogP contribution in [0, 0.1) is 0 Å². The Balaban J connectivity index is 4.21. The molecule has 0 aliphatic carbocycles. The predicted octanol–water partition coefficient (Wildman–Crippen LogP) is 5.47. The summed E-state index contributed by atoms with van der Waals surface area (Å²) in [4.78, 5) is 37.9. The number of nitrogens with zero attached hydrogens (tertiary/aromatic N) is 1. The first kappa shape index (κ1) is 29.6. The van der Waals surface area contributed by atoms with E-state index in [1.54, 1.807) is 4.90 Å². The number of hydrogen-bond acceptors (Lipinski definition) is 6. The lowest BCUT2D eigenvalue weighted by atomic mass is 10.1. The number of carbonyl (C=O) groups is 3. The summed E-state index contributed by atoms with van der Waals surface area (Å²) < 4.78 is 10.6. The Hall–Kier alpha value is -1.43. The molecule has 0 rings (SSSR count). The number of Topliss-reactive ketones (excluding diaryl/α,β-unsaturated/α-hetero) is 1. The smallest absolute Gasteiger partial charge is 0.320 e. The zero-order chi connectivity index (χ0) is 23.2. The zero-order valence-electron chi connectivity index (χ0n) is 20.4. The fourth-order valence-corrected chi connectivity index (χ4v) is 3.37. The van der Waals surface area contributed by atoms with Gasteiger partial charge in [-0.25, -0.2) is 0 Å². The predicted molar refractivity (Wildman–Crippen MR) is 125 cm³/mol. The van der Waals surface area contributed by atoms with Gasteiger partial charge >= 0.3 is 11.9 Å². The Morgan fingerprint density at radius 1 is 0.548 bits per heavy atom. The van der Waals surface area contributed by atoms with E-state index in [9.17, 15) is 14.4 Å². The molecule has 182 valence electrons. The maximum atomic E-state index is 12.2. The summed E-state index contributed by atoms with van der Waals surface area (Å²) >= 11 is 0. The fraction of sp³-hybridized carbons (Fsp3) is 0.880. The normalized spacial score (nSPS) is 11.0. The van der Waals surface area contributed by atoms with Crippen molar-refractivity contribution in [2.45, 2.75) is 111 Å². The molecule has 31 heavy (non-hydrogen) atoms. The van der Waals surface area contributed by atoms with E-state index in [1.165, 1.54) is 38.5 Å². The Labute approximate surface area is 190 Å². The number of ether oxygens (including phenoxy) is 2. The molecular formula is C25H47NO5. The first-order valence-electron chi connectivity index (χ1n) is 12.6. The minimum atomic E-state index is -0.387. The van der Waals surface area contributed by atoms with E-state index >= 15 is 0 Å². The van der Waals surface area contributed by atoms with Gasteiger partial charge in [-0.1, -0.05) is 85.0 Å².